The monoisotopic (exact) mass is 415 g/mol. The second-order valence-corrected chi connectivity index (χ2v) is 11.8. The van der Waals surface area contributed by atoms with Gasteiger partial charge in [-0.15, -0.1) is 11.3 Å². The Labute approximate surface area is 185 Å². The third kappa shape index (κ3) is 3.24. The maximum Gasteiger partial charge on any atom is 0.0968 e. The zero-order valence-electron chi connectivity index (χ0n) is 19.0. The number of hydrogen-bond donors (Lipinski definition) is 0. The Bertz CT molecular complexity index is 1070. The molecule has 0 saturated heterocycles. The molecule has 0 spiro atoms. The van der Waals surface area contributed by atoms with Crippen LogP contribution in [0, 0.1) is 6.92 Å². The minimum Gasteiger partial charge on any atom is -0.249 e. The van der Waals surface area contributed by atoms with E-state index in [-0.39, 0.29) is 16.2 Å². The minimum atomic E-state index is 0.219. The predicted octanol–water partition coefficient (Wildman–Crippen LogP) is 7.47. The zero-order valence-corrected chi connectivity index (χ0v) is 19.8. The van der Waals surface area contributed by atoms with Crippen LogP contribution in [-0.4, -0.2) is 4.98 Å². The summed E-state index contributed by atoms with van der Waals surface area (Å²) in [4.78, 5) is 4.44. The third-order valence-corrected chi connectivity index (χ3v) is 8.59. The van der Waals surface area contributed by atoms with E-state index in [1.165, 1.54) is 47.4 Å². The maximum atomic E-state index is 4.44. The van der Waals surface area contributed by atoms with E-state index >= 15 is 0 Å². The highest BCUT2D eigenvalue weighted by molar-refractivity contribution is 7.09. The van der Waals surface area contributed by atoms with Crippen LogP contribution in [0.2, 0.25) is 0 Å². The predicted molar refractivity (Wildman–Crippen MR) is 128 cm³/mol. The molecule has 30 heavy (non-hydrogen) atoms. The highest BCUT2D eigenvalue weighted by atomic mass is 32.1. The SMILES string of the molecule is Cc1cc2c(cc1C1(c3ccc(Cc4nccs4)cc3)CC1)C(C)(C)CCC2(C)C. The lowest BCUT2D eigenvalue weighted by Gasteiger charge is -2.43. The summed E-state index contributed by atoms with van der Waals surface area (Å²) in [7, 11) is 0. The minimum absolute atomic E-state index is 0.219. The molecule has 3 aromatic rings. The van der Waals surface area contributed by atoms with Gasteiger partial charge in [-0.05, 0) is 76.8 Å². The number of aryl methyl sites for hydroxylation is 1. The molecular formula is C28H33NS. The van der Waals surface area contributed by atoms with Crippen molar-refractivity contribution >= 4 is 11.3 Å². The maximum absolute atomic E-state index is 4.44. The lowest BCUT2D eigenvalue weighted by Crippen LogP contribution is -2.34. The van der Waals surface area contributed by atoms with Gasteiger partial charge in [0.15, 0.2) is 0 Å². The number of benzene rings is 2. The van der Waals surface area contributed by atoms with Crippen molar-refractivity contribution in [2.75, 3.05) is 0 Å². The van der Waals surface area contributed by atoms with Gasteiger partial charge in [0.2, 0.25) is 0 Å². The van der Waals surface area contributed by atoms with Crippen molar-refractivity contribution in [2.45, 2.75) is 83.0 Å². The lowest BCUT2D eigenvalue weighted by molar-refractivity contribution is 0.331. The van der Waals surface area contributed by atoms with E-state index in [1.54, 1.807) is 28.0 Å². The molecular weight excluding hydrogens is 382 g/mol. The average molecular weight is 416 g/mol. The summed E-state index contributed by atoms with van der Waals surface area (Å²) >= 11 is 1.74. The van der Waals surface area contributed by atoms with Crippen LogP contribution in [0.4, 0.5) is 0 Å². The quantitative estimate of drug-likeness (QED) is 0.430. The van der Waals surface area contributed by atoms with Crippen LogP contribution in [-0.2, 0) is 22.7 Å². The van der Waals surface area contributed by atoms with Gasteiger partial charge in [0.05, 0.1) is 5.01 Å². The van der Waals surface area contributed by atoms with E-state index in [9.17, 15) is 0 Å². The first-order valence-corrected chi connectivity index (χ1v) is 12.2. The molecule has 0 aliphatic heterocycles. The van der Waals surface area contributed by atoms with Gasteiger partial charge < -0.3 is 0 Å². The van der Waals surface area contributed by atoms with Gasteiger partial charge in [0.1, 0.15) is 0 Å². The first kappa shape index (κ1) is 20.0. The number of hydrogen-bond acceptors (Lipinski definition) is 2. The van der Waals surface area contributed by atoms with Crippen LogP contribution in [0.25, 0.3) is 0 Å². The number of rotatable bonds is 4. The zero-order chi connectivity index (χ0) is 21.1. The molecule has 5 rings (SSSR count). The molecule has 1 fully saturated rings. The summed E-state index contributed by atoms with van der Waals surface area (Å²) in [5, 5.41) is 3.25. The number of nitrogens with zero attached hydrogens (tertiary/aromatic N) is 1. The molecule has 1 nitrogen and oxygen atoms in total. The van der Waals surface area contributed by atoms with Gasteiger partial charge in [-0.2, -0.15) is 0 Å². The number of thiazole rings is 1. The van der Waals surface area contributed by atoms with E-state index in [4.69, 9.17) is 0 Å². The Balaban J connectivity index is 1.52. The fourth-order valence-electron chi connectivity index (χ4n) is 5.53. The second-order valence-electron chi connectivity index (χ2n) is 10.9. The molecule has 0 unspecified atom stereocenters. The average Bonchev–Trinajstić information content (AvgIpc) is 3.35. The fourth-order valence-corrected chi connectivity index (χ4v) is 6.18. The molecule has 1 saturated carbocycles. The van der Waals surface area contributed by atoms with Crippen molar-refractivity contribution < 1.29 is 0 Å². The van der Waals surface area contributed by atoms with Crippen LogP contribution >= 0.6 is 11.3 Å². The molecule has 2 aromatic carbocycles. The van der Waals surface area contributed by atoms with Crippen LogP contribution in [0.1, 0.15) is 91.8 Å². The van der Waals surface area contributed by atoms with Gasteiger partial charge in [-0.25, -0.2) is 4.98 Å². The van der Waals surface area contributed by atoms with Gasteiger partial charge in [-0.3, -0.25) is 0 Å². The van der Waals surface area contributed by atoms with Gasteiger partial charge in [0, 0.05) is 23.4 Å². The third-order valence-electron chi connectivity index (χ3n) is 7.81. The van der Waals surface area contributed by atoms with E-state index in [0.717, 1.165) is 6.42 Å². The lowest BCUT2D eigenvalue weighted by atomic mass is 9.62. The molecule has 1 aromatic heterocycles. The molecule has 1 heterocycles. The van der Waals surface area contributed by atoms with Crippen LogP contribution in [0.3, 0.4) is 0 Å². The second kappa shape index (κ2) is 6.79. The van der Waals surface area contributed by atoms with E-state index in [1.807, 2.05) is 6.20 Å². The largest absolute Gasteiger partial charge is 0.249 e. The first-order valence-electron chi connectivity index (χ1n) is 11.4. The van der Waals surface area contributed by atoms with Crippen molar-refractivity contribution in [3.05, 3.63) is 86.4 Å². The molecule has 2 aliphatic rings. The smallest absolute Gasteiger partial charge is 0.0968 e. The molecule has 2 heteroatoms. The van der Waals surface area contributed by atoms with Gasteiger partial charge in [0.25, 0.3) is 0 Å². The van der Waals surface area contributed by atoms with Crippen molar-refractivity contribution in [1.82, 2.24) is 4.98 Å². The Hall–Kier alpha value is -1.93. The van der Waals surface area contributed by atoms with E-state index in [2.05, 4.69) is 81.4 Å². The molecule has 0 radical (unpaired) electrons. The highest BCUT2D eigenvalue weighted by Gasteiger charge is 2.48. The number of fused-ring (bicyclic) bond motifs is 1. The standard InChI is InChI=1S/C28H33NS/c1-19-16-23-24(27(4,5)11-10-26(23,2)3)18-22(19)28(12-13-28)21-8-6-20(7-9-21)17-25-29-14-15-30-25/h6-9,14-16,18H,10-13,17H2,1-5H3. The summed E-state index contributed by atoms with van der Waals surface area (Å²) in [5.41, 5.74) is 9.82. The van der Waals surface area contributed by atoms with Crippen LogP contribution in [0.5, 0.6) is 0 Å². The van der Waals surface area contributed by atoms with E-state index in [0.29, 0.717) is 0 Å². The van der Waals surface area contributed by atoms with Gasteiger partial charge in [-0.1, -0.05) is 64.1 Å². The highest BCUT2D eigenvalue weighted by Crippen LogP contribution is 2.56. The first-order chi connectivity index (χ1) is 14.2. The van der Waals surface area contributed by atoms with Crippen molar-refractivity contribution in [1.29, 1.82) is 0 Å². The Kier molecular flexibility index (Phi) is 4.52. The normalized spacial score (nSPS) is 20.6. The Morgan fingerprint density at radius 3 is 2.03 bits per heavy atom. The molecule has 0 atom stereocenters. The van der Waals surface area contributed by atoms with Crippen molar-refractivity contribution in [3.8, 4) is 0 Å². The molecule has 2 aliphatic carbocycles. The summed E-state index contributed by atoms with van der Waals surface area (Å²) in [6, 6.07) is 14.5. The molecule has 0 amide bonds. The Morgan fingerprint density at radius 2 is 1.47 bits per heavy atom. The van der Waals surface area contributed by atoms with E-state index < -0.39 is 0 Å². The molecule has 0 N–H and O–H groups in total. The summed E-state index contributed by atoms with van der Waals surface area (Å²) < 4.78 is 0. The van der Waals surface area contributed by atoms with Crippen LogP contribution < -0.4 is 0 Å². The summed E-state index contributed by atoms with van der Waals surface area (Å²) in [6.07, 6.45) is 7.91. The Morgan fingerprint density at radius 1 is 0.833 bits per heavy atom. The summed E-state index contributed by atoms with van der Waals surface area (Å²) in [6.45, 7) is 12.1. The van der Waals surface area contributed by atoms with Crippen molar-refractivity contribution in [2.24, 2.45) is 0 Å². The topological polar surface area (TPSA) is 12.9 Å². The number of aromatic nitrogens is 1. The molecule has 156 valence electrons. The van der Waals surface area contributed by atoms with Crippen molar-refractivity contribution in [3.63, 3.8) is 0 Å². The fraction of sp³-hybridized carbons (Fsp3) is 0.464. The van der Waals surface area contributed by atoms with Gasteiger partial charge >= 0.3 is 0 Å². The summed E-state index contributed by atoms with van der Waals surface area (Å²) in [5.74, 6) is 0. The van der Waals surface area contributed by atoms with Crippen LogP contribution in [0.15, 0.2) is 48.0 Å². The molecule has 0 bridgehead atoms.